The number of rotatable bonds is 3. The highest BCUT2D eigenvalue weighted by Crippen LogP contribution is 2.27. The molecule has 6 nitrogen and oxygen atoms in total. The molecule has 0 aliphatic rings. The number of fused-ring (bicyclic) bond motifs is 1. The quantitative estimate of drug-likeness (QED) is 0.718. The van der Waals surface area contributed by atoms with Crippen molar-refractivity contribution >= 4 is 32.4 Å². The molecule has 3 rings (SSSR count). The fourth-order valence-corrected chi connectivity index (χ4v) is 2.83. The molecule has 0 amide bonds. The average Bonchev–Trinajstić information content (AvgIpc) is 2.49. The first-order valence-corrected chi connectivity index (χ1v) is 8.75. The maximum Gasteiger partial charge on any atom is 0.227 e. The molecule has 0 saturated heterocycles. The lowest BCUT2D eigenvalue weighted by Gasteiger charge is -2.09. The van der Waals surface area contributed by atoms with Crippen LogP contribution in [0.4, 0.5) is 11.6 Å². The van der Waals surface area contributed by atoms with Crippen LogP contribution in [0.5, 0.6) is 5.75 Å². The Morgan fingerprint density at radius 3 is 2.65 bits per heavy atom. The van der Waals surface area contributed by atoms with Crippen LogP contribution in [0, 0.1) is 6.92 Å². The van der Waals surface area contributed by atoms with Crippen LogP contribution in [0.15, 0.2) is 47.5 Å². The molecule has 0 unspecified atom stereocenters. The number of aromatic hydroxyl groups is 1. The highest BCUT2D eigenvalue weighted by Gasteiger charge is 2.09. The van der Waals surface area contributed by atoms with E-state index in [2.05, 4.69) is 15.3 Å². The van der Waals surface area contributed by atoms with Gasteiger partial charge >= 0.3 is 0 Å². The van der Waals surface area contributed by atoms with Crippen molar-refractivity contribution in [2.24, 2.45) is 0 Å². The molecule has 0 bridgehead atoms. The van der Waals surface area contributed by atoms with Crippen LogP contribution < -0.4 is 5.32 Å². The van der Waals surface area contributed by atoms with Gasteiger partial charge in [-0.3, -0.25) is 0 Å². The number of sulfone groups is 1. The van der Waals surface area contributed by atoms with E-state index in [0.717, 1.165) is 11.8 Å². The number of phenols is 1. The van der Waals surface area contributed by atoms with E-state index >= 15 is 0 Å². The summed E-state index contributed by atoms with van der Waals surface area (Å²) in [6.07, 6.45) is 2.71. The fourth-order valence-electron chi connectivity index (χ4n) is 2.17. The predicted molar refractivity (Wildman–Crippen MR) is 88.8 cm³/mol. The Labute approximate surface area is 133 Å². The summed E-state index contributed by atoms with van der Waals surface area (Å²) in [4.78, 5) is 8.73. The first-order chi connectivity index (χ1) is 10.8. The van der Waals surface area contributed by atoms with E-state index in [9.17, 15) is 13.5 Å². The van der Waals surface area contributed by atoms with Crippen LogP contribution in [0.25, 0.3) is 10.9 Å². The lowest BCUT2D eigenvalue weighted by Crippen LogP contribution is -2.00. The summed E-state index contributed by atoms with van der Waals surface area (Å²) in [5.41, 5.74) is 2.11. The van der Waals surface area contributed by atoms with Gasteiger partial charge in [0.2, 0.25) is 5.95 Å². The van der Waals surface area contributed by atoms with Gasteiger partial charge in [0.05, 0.1) is 16.1 Å². The fraction of sp³-hybridized carbons (Fsp3) is 0.125. The summed E-state index contributed by atoms with van der Waals surface area (Å²) >= 11 is 0. The molecular weight excluding hydrogens is 314 g/mol. The van der Waals surface area contributed by atoms with Gasteiger partial charge in [-0.25, -0.2) is 18.4 Å². The van der Waals surface area contributed by atoms with Crippen LogP contribution in [-0.2, 0) is 9.84 Å². The Hall–Kier alpha value is -2.67. The molecular formula is C16H15N3O3S. The first kappa shape index (κ1) is 15.2. The van der Waals surface area contributed by atoms with Crippen molar-refractivity contribution in [2.45, 2.75) is 11.8 Å². The van der Waals surface area contributed by atoms with Crippen LogP contribution >= 0.6 is 0 Å². The maximum atomic E-state index is 11.6. The van der Waals surface area contributed by atoms with Crippen molar-refractivity contribution in [3.05, 3.63) is 48.2 Å². The number of hydrogen-bond acceptors (Lipinski definition) is 6. The molecule has 1 aromatic heterocycles. The molecule has 1 heterocycles. The van der Waals surface area contributed by atoms with Gasteiger partial charge in [-0.05, 0) is 42.8 Å². The monoisotopic (exact) mass is 329 g/mol. The lowest BCUT2D eigenvalue weighted by atomic mass is 10.2. The van der Waals surface area contributed by atoms with E-state index in [4.69, 9.17) is 0 Å². The van der Waals surface area contributed by atoms with E-state index < -0.39 is 9.84 Å². The summed E-state index contributed by atoms with van der Waals surface area (Å²) in [6.45, 7) is 1.92. The molecule has 7 heteroatoms. The Balaban J connectivity index is 1.99. The number of hydrogen-bond donors (Lipinski definition) is 2. The Morgan fingerprint density at radius 2 is 1.91 bits per heavy atom. The second-order valence-electron chi connectivity index (χ2n) is 5.33. The highest BCUT2D eigenvalue weighted by atomic mass is 32.2. The average molecular weight is 329 g/mol. The predicted octanol–water partition coefficient (Wildman–Crippen LogP) is 2.79. The van der Waals surface area contributed by atoms with Crippen molar-refractivity contribution in [2.75, 3.05) is 11.6 Å². The second-order valence-corrected chi connectivity index (χ2v) is 7.35. The van der Waals surface area contributed by atoms with Crippen molar-refractivity contribution in [1.29, 1.82) is 0 Å². The molecule has 0 atom stereocenters. The van der Waals surface area contributed by atoms with Crippen molar-refractivity contribution in [1.82, 2.24) is 9.97 Å². The molecule has 0 aliphatic heterocycles. The third-order valence-electron chi connectivity index (χ3n) is 3.38. The van der Waals surface area contributed by atoms with Crippen molar-refractivity contribution in [3.8, 4) is 5.75 Å². The van der Waals surface area contributed by atoms with E-state index in [-0.39, 0.29) is 10.6 Å². The zero-order chi connectivity index (χ0) is 16.6. The lowest BCUT2D eigenvalue weighted by molar-refractivity contribution is 0.477. The van der Waals surface area contributed by atoms with Crippen LogP contribution in [0.1, 0.15) is 5.56 Å². The number of aryl methyl sites for hydroxylation is 1. The third kappa shape index (κ3) is 3.24. The SMILES string of the molecule is Cc1ccc(O)c(Nc2ncc3cc(S(C)(=O)=O)ccc3n2)c1. The second kappa shape index (κ2) is 5.51. The Bertz CT molecular complexity index is 1000. The summed E-state index contributed by atoms with van der Waals surface area (Å²) in [6, 6.07) is 9.87. The molecule has 0 fully saturated rings. The summed E-state index contributed by atoms with van der Waals surface area (Å²) in [5.74, 6) is 0.428. The van der Waals surface area contributed by atoms with Gasteiger partial charge in [-0.1, -0.05) is 6.07 Å². The number of benzene rings is 2. The minimum Gasteiger partial charge on any atom is -0.506 e. The van der Waals surface area contributed by atoms with Gasteiger partial charge in [0, 0.05) is 17.8 Å². The normalized spacial score (nSPS) is 11.6. The van der Waals surface area contributed by atoms with Gasteiger partial charge in [0.15, 0.2) is 9.84 Å². The number of phenolic OH excluding ortho intramolecular Hbond substituents is 1. The van der Waals surface area contributed by atoms with E-state index in [1.165, 1.54) is 6.07 Å². The Morgan fingerprint density at radius 1 is 1.13 bits per heavy atom. The smallest absolute Gasteiger partial charge is 0.227 e. The van der Waals surface area contributed by atoms with Gasteiger partial charge in [-0.15, -0.1) is 0 Å². The zero-order valence-corrected chi connectivity index (χ0v) is 13.4. The van der Waals surface area contributed by atoms with E-state index in [0.29, 0.717) is 22.5 Å². The first-order valence-electron chi connectivity index (χ1n) is 6.86. The summed E-state index contributed by atoms with van der Waals surface area (Å²) in [7, 11) is -3.27. The zero-order valence-electron chi connectivity index (χ0n) is 12.6. The molecule has 3 aromatic rings. The molecule has 2 aromatic carbocycles. The number of nitrogens with zero attached hydrogens (tertiary/aromatic N) is 2. The van der Waals surface area contributed by atoms with Crippen LogP contribution in [-0.4, -0.2) is 29.7 Å². The van der Waals surface area contributed by atoms with Gasteiger partial charge in [0.1, 0.15) is 5.75 Å². The Kier molecular flexibility index (Phi) is 3.65. The van der Waals surface area contributed by atoms with Gasteiger partial charge in [0.25, 0.3) is 0 Å². The molecule has 23 heavy (non-hydrogen) atoms. The van der Waals surface area contributed by atoms with E-state index in [1.807, 2.05) is 6.92 Å². The highest BCUT2D eigenvalue weighted by molar-refractivity contribution is 7.90. The number of nitrogens with one attached hydrogen (secondary N) is 1. The maximum absolute atomic E-state index is 11.6. The number of anilines is 2. The largest absolute Gasteiger partial charge is 0.506 e. The van der Waals surface area contributed by atoms with Crippen LogP contribution in [0.2, 0.25) is 0 Å². The summed E-state index contributed by atoms with van der Waals surface area (Å²) < 4.78 is 23.1. The van der Waals surface area contributed by atoms with Crippen molar-refractivity contribution < 1.29 is 13.5 Å². The molecule has 0 saturated carbocycles. The molecule has 0 radical (unpaired) electrons. The third-order valence-corrected chi connectivity index (χ3v) is 4.49. The summed E-state index contributed by atoms with van der Waals surface area (Å²) in [5, 5.41) is 13.4. The van der Waals surface area contributed by atoms with E-state index in [1.54, 1.807) is 36.5 Å². The minimum atomic E-state index is -3.27. The molecule has 118 valence electrons. The minimum absolute atomic E-state index is 0.103. The molecule has 0 aliphatic carbocycles. The van der Waals surface area contributed by atoms with Crippen molar-refractivity contribution in [3.63, 3.8) is 0 Å². The standard InChI is InChI=1S/C16H15N3O3S/c1-10-3-6-15(20)14(7-10)19-16-17-9-11-8-12(23(2,21)22)4-5-13(11)18-16/h3-9,20H,1-2H3,(H,17,18,19). The number of aromatic nitrogens is 2. The molecule has 0 spiro atoms. The topological polar surface area (TPSA) is 92.2 Å². The molecule has 2 N–H and O–H groups in total. The van der Waals surface area contributed by atoms with Crippen LogP contribution in [0.3, 0.4) is 0 Å². The van der Waals surface area contributed by atoms with Gasteiger partial charge in [-0.2, -0.15) is 0 Å². The van der Waals surface area contributed by atoms with Gasteiger partial charge < -0.3 is 10.4 Å².